The van der Waals surface area contributed by atoms with Gasteiger partial charge in [-0.15, -0.1) is 11.3 Å². The van der Waals surface area contributed by atoms with Crippen molar-refractivity contribution < 1.29 is 4.42 Å². The van der Waals surface area contributed by atoms with E-state index in [9.17, 15) is 0 Å². The van der Waals surface area contributed by atoms with Crippen LogP contribution in [-0.2, 0) is 0 Å². The molecule has 0 aliphatic rings. The van der Waals surface area contributed by atoms with Gasteiger partial charge in [-0.2, -0.15) is 0 Å². The highest BCUT2D eigenvalue weighted by Crippen LogP contribution is 2.51. The molecule has 0 saturated carbocycles. The van der Waals surface area contributed by atoms with Crippen molar-refractivity contribution in [2.45, 2.75) is 0 Å². The SMILES string of the molecule is c1ccc(-c2ccccc2-c2sc(-c3c(-c4ccccc4)ccc4oc5ccccc5c34)c3ccccc23)cc1. The molecule has 0 N–H and O–H groups in total. The van der Waals surface area contributed by atoms with E-state index in [1.54, 1.807) is 0 Å². The van der Waals surface area contributed by atoms with Crippen LogP contribution in [0, 0.1) is 0 Å². The molecular weight excluding hydrogens is 504 g/mol. The molecule has 2 aromatic heterocycles. The molecule has 6 aromatic carbocycles. The van der Waals surface area contributed by atoms with Gasteiger partial charge in [0.2, 0.25) is 0 Å². The third kappa shape index (κ3) is 3.61. The zero-order chi connectivity index (χ0) is 26.5. The largest absolute Gasteiger partial charge is 0.456 e. The van der Waals surface area contributed by atoms with Crippen LogP contribution >= 0.6 is 11.3 Å². The third-order valence-electron chi connectivity index (χ3n) is 7.73. The van der Waals surface area contributed by atoms with Crippen LogP contribution < -0.4 is 0 Å². The van der Waals surface area contributed by atoms with Crippen molar-refractivity contribution in [2.24, 2.45) is 0 Å². The van der Waals surface area contributed by atoms with Crippen LogP contribution in [-0.4, -0.2) is 0 Å². The Balaban J connectivity index is 1.49. The molecule has 2 heteroatoms. The number of hydrogen-bond acceptors (Lipinski definition) is 2. The van der Waals surface area contributed by atoms with E-state index in [4.69, 9.17) is 4.42 Å². The minimum Gasteiger partial charge on any atom is -0.456 e. The van der Waals surface area contributed by atoms with E-state index in [1.165, 1.54) is 59.3 Å². The summed E-state index contributed by atoms with van der Waals surface area (Å²) in [5, 5.41) is 4.86. The molecule has 2 heterocycles. The summed E-state index contributed by atoms with van der Waals surface area (Å²) in [6, 6.07) is 51.8. The molecule has 8 aromatic rings. The van der Waals surface area contributed by atoms with Crippen molar-refractivity contribution in [1.29, 1.82) is 0 Å². The van der Waals surface area contributed by atoms with Crippen LogP contribution in [0.4, 0.5) is 0 Å². The van der Waals surface area contributed by atoms with Gasteiger partial charge in [-0.1, -0.05) is 127 Å². The number of hydrogen-bond donors (Lipinski definition) is 0. The smallest absolute Gasteiger partial charge is 0.136 e. The van der Waals surface area contributed by atoms with Gasteiger partial charge in [0.25, 0.3) is 0 Å². The maximum atomic E-state index is 6.39. The lowest BCUT2D eigenvalue weighted by Crippen LogP contribution is -1.85. The summed E-state index contributed by atoms with van der Waals surface area (Å²) in [5.41, 5.74) is 9.22. The summed E-state index contributed by atoms with van der Waals surface area (Å²) in [4.78, 5) is 2.55. The Kier molecular flexibility index (Phi) is 5.39. The maximum absolute atomic E-state index is 6.39. The quantitative estimate of drug-likeness (QED) is 0.221. The lowest BCUT2D eigenvalue weighted by Gasteiger charge is -2.11. The average Bonchev–Trinajstić information content (AvgIpc) is 3.60. The van der Waals surface area contributed by atoms with Gasteiger partial charge < -0.3 is 4.42 Å². The third-order valence-corrected chi connectivity index (χ3v) is 9.00. The summed E-state index contributed by atoms with van der Waals surface area (Å²) < 4.78 is 6.39. The first-order chi connectivity index (χ1) is 19.9. The number of para-hydroxylation sites is 1. The molecule has 40 heavy (non-hydrogen) atoms. The minimum absolute atomic E-state index is 0.916. The lowest BCUT2D eigenvalue weighted by atomic mass is 9.92. The molecule has 0 aliphatic heterocycles. The van der Waals surface area contributed by atoms with Crippen molar-refractivity contribution in [3.8, 4) is 43.1 Å². The monoisotopic (exact) mass is 528 g/mol. The van der Waals surface area contributed by atoms with Gasteiger partial charge in [0.05, 0.1) is 0 Å². The van der Waals surface area contributed by atoms with Crippen LogP contribution in [0.15, 0.2) is 150 Å². The van der Waals surface area contributed by atoms with Gasteiger partial charge in [-0.3, -0.25) is 0 Å². The molecule has 0 saturated heterocycles. The van der Waals surface area contributed by atoms with E-state index < -0.39 is 0 Å². The molecule has 188 valence electrons. The fourth-order valence-corrected chi connectivity index (χ4v) is 7.32. The van der Waals surface area contributed by atoms with Gasteiger partial charge in [0.15, 0.2) is 0 Å². The van der Waals surface area contributed by atoms with Crippen molar-refractivity contribution >= 4 is 44.0 Å². The lowest BCUT2D eigenvalue weighted by molar-refractivity contribution is 0.669. The highest BCUT2D eigenvalue weighted by molar-refractivity contribution is 7.21. The zero-order valence-electron chi connectivity index (χ0n) is 21.7. The number of rotatable bonds is 4. The highest BCUT2D eigenvalue weighted by atomic mass is 32.1. The van der Waals surface area contributed by atoms with E-state index in [1.807, 2.05) is 17.4 Å². The van der Waals surface area contributed by atoms with Gasteiger partial charge in [-0.05, 0) is 40.5 Å². The Labute approximate surface area is 236 Å². The molecule has 0 fully saturated rings. The van der Waals surface area contributed by atoms with Crippen molar-refractivity contribution in [2.75, 3.05) is 0 Å². The first kappa shape index (κ1) is 23.0. The Morgan fingerprint density at radius 1 is 0.375 bits per heavy atom. The molecule has 0 radical (unpaired) electrons. The highest BCUT2D eigenvalue weighted by Gasteiger charge is 2.23. The maximum Gasteiger partial charge on any atom is 0.136 e. The fourth-order valence-electron chi connectivity index (χ4n) is 5.94. The zero-order valence-corrected chi connectivity index (χ0v) is 22.5. The molecule has 1 nitrogen and oxygen atoms in total. The molecule has 0 unspecified atom stereocenters. The van der Waals surface area contributed by atoms with Crippen LogP contribution in [0.25, 0.3) is 75.8 Å². The summed E-state index contributed by atoms with van der Waals surface area (Å²) in [6.45, 7) is 0. The predicted octanol–water partition coefficient (Wildman–Crippen LogP) is 11.5. The molecule has 0 spiro atoms. The van der Waals surface area contributed by atoms with E-state index in [0.29, 0.717) is 0 Å². The minimum atomic E-state index is 0.916. The Morgan fingerprint density at radius 2 is 0.925 bits per heavy atom. The van der Waals surface area contributed by atoms with Gasteiger partial charge in [0, 0.05) is 42.4 Å². The average molecular weight is 529 g/mol. The van der Waals surface area contributed by atoms with Crippen molar-refractivity contribution in [1.82, 2.24) is 0 Å². The predicted molar refractivity (Wildman–Crippen MR) is 171 cm³/mol. The topological polar surface area (TPSA) is 13.1 Å². The first-order valence-corrected chi connectivity index (χ1v) is 14.3. The van der Waals surface area contributed by atoms with Gasteiger partial charge in [0.1, 0.15) is 11.2 Å². The van der Waals surface area contributed by atoms with E-state index in [2.05, 4.69) is 140 Å². The molecule has 8 rings (SSSR count). The Bertz CT molecular complexity index is 2150. The van der Waals surface area contributed by atoms with Crippen LogP contribution in [0.2, 0.25) is 0 Å². The van der Waals surface area contributed by atoms with Crippen molar-refractivity contribution in [3.63, 3.8) is 0 Å². The Hall–Kier alpha value is -4.92. The van der Waals surface area contributed by atoms with Crippen LogP contribution in [0.1, 0.15) is 0 Å². The molecule has 0 aliphatic carbocycles. The second-order valence-electron chi connectivity index (χ2n) is 10.0. The number of furan rings is 1. The van der Waals surface area contributed by atoms with Crippen molar-refractivity contribution in [3.05, 3.63) is 146 Å². The standard InChI is InChI=1S/C38H24OS/c1-3-13-25(14-4-1)27-17-7-8-18-29(27)37-30-19-9-10-20-31(30)38(40-37)36-28(26-15-5-2-6-16-26)23-24-34-35(36)32-21-11-12-22-33(32)39-34/h1-24H. The van der Waals surface area contributed by atoms with Gasteiger partial charge >= 0.3 is 0 Å². The molecular formula is C38H24OS. The van der Waals surface area contributed by atoms with E-state index in [-0.39, 0.29) is 0 Å². The molecule has 0 bridgehead atoms. The first-order valence-electron chi connectivity index (χ1n) is 13.5. The van der Waals surface area contributed by atoms with E-state index >= 15 is 0 Å². The van der Waals surface area contributed by atoms with Crippen LogP contribution in [0.5, 0.6) is 0 Å². The summed E-state index contributed by atoms with van der Waals surface area (Å²) in [5.74, 6) is 0. The summed E-state index contributed by atoms with van der Waals surface area (Å²) in [7, 11) is 0. The second-order valence-corrected chi connectivity index (χ2v) is 11.1. The fraction of sp³-hybridized carbons (Fsp3) is 0. The molecule has 0 amide bonds. The second kappa shape index (κ2) is 9.37. The van der Waals surface area contributed by atoms with Gasteiger partial charge in [-0.25, -0.2) is 0 Å². The van der Waals surface area contributed by atoms with Crippen LogP contribution in [0.3, 0.4) is 0 Å². The Morgan fingerprint density at radius 3 is 1.65 bits per heavy atom. The number of fused-ring (bicyclic) bond motifs is 4. The number of benzene rings is 6. The normalized spacial score (nSPS) is 11.5. The number of thiophene rings is 1. The summed E-state index contributed by atoms with van der Waals surface area (Å²) >= 11 is 1.88. The molecule has 0 atom stereocenters. The summed E-state index contributed by atoms with van der Waals surface area (Å²) in [6.07, 6.45) is 0. The van der Waals surface area contributed by atoms with E-state index in [0.717, 1.165) is 16.6 Å².